The van der Waals surface area contributed by atoms with E-state index in [0.717, 1.165) is 10.5 Å². The number of halogens is 1. The Morgan fingerprint density at radius 1 is 1.27 bits per heavy atom. The Balaban J connectivity index is 1.48. The van der Waals surface area contributed by atoms with Gasteiger partial charge in [-0.3, -0.25) is 25.1 Å². The summed E-state index contributed by atoms with van der Waals surface area (Å²) in [6, 6.07) is 7.17. The fraction of sp³-hybridized carbons (Fsp3) is 0.125. The van der Waals surface area contributed by atoms with E-state index in [4.69, 9.17) is 11.6 Å². The quantitative estimate of drug-likeness (QED) is 0.501. The first-order valence-electron chi connectivity index (χ1n) is 7.43. The first-order chi connectivity index (χ1) is 12.5. The highest BCUT2D eigenvalue weighted by molar-refractivity contribution is 8.00. The first kappa shape index (κ1) is 18.4. The number of aryl methyl sites for hydroxylation is 1. The summed E-state index contributed by atoms with van der Waals surface area (Å²) in [5.74, 6) is -0.623. The van der Waals surface area contributed by atoms with E-state index in [1.165, 1.54) is 23.1 Å². The normalized spacial score (nSPS) is 10.5. The van der Waals surface area contributed by atoms with Gasteiger partial charge in [-0.15, -0.1) is 23.1 Å². The number of carbonyl (C=O) groups excluding carboxylic acids is 2. The lowest BCUT2D eigenvalue weighted by molar-refractivity contribution is -0.119. The molecule has 0 aliphatic rings. The van der Waals surface area contributed by atoms with Crippen LogP contribution in [0.1, 0.15) is 10.5 Å². The number of nitrogens with one attached hydrogen (secondary N) is 2. The molecule has 0 unspecified atom stereocenters. The van der Waals surface area contributed by atoms with Crippen LogP contribution in [0, 0.1) is 0 Å². The molecule has 3 aromatic rings. The molecule has 0 bridgehead atoms. The van der Waals surface area contributed by atoms with Crippen LogP contribution in [-0.2, 0) is 11.8 Å². The van der Waals surface area contributed by atoms with Gasteiger partial charge in [0.1, 0.15) is 10.7 Å². The molecule has 0 atom stereocenters. The van der Waals surface area contributed by atoms with Crippen LogP contribution in [0.3, 0.4) is 0 Å². The van der Waals surface area contributed by atoms with E-state index in [9.17, 15) is 9.59 Å². The molecule has 2 aromatic heterocycles. The van der Waals surface area contributed by atoms with E-state index in [2.05, 4.69) is 20.9 Å². The lowest BCUT2D eigenvalue weighted by atomic mass is 10.4. The fourth-order valence-electron chi connectivity index (χ4n) is 1.95. The third kappa shape index (κ3) is 4.84. The van der Waals surface area contributed by atoms with Gasteiger partial charge >= 0.3 is 0 Å². The van der Waals surface area contributed by atoms with E-state index in [1.54, 1.807) is 28.4 Å². The van der Waals surface area contributed by atoms with E-state index >= 15 is 0 Å². The summed E-state index contributed by atoms with van der Waals surface area (Å²) in [5.41, 5.74) is 5.81. The van der Waals surface area contributed by atoms with Gasteiger partial charge in [0.2, 0.25) is 5.91 Å². The number of rotatable bonds is 5. The summed E-state index contributed by atoms with van der Waals surface area (Å²) in [4.78, 5) is 29.1. The molecule has 7 nitrogen and oxygen atoms in total. The number of hydrogen-bond acceptors (Lipinski definition) is 6. The Kier molecular flexibility index (Phi) is 5.92. The van der Waals surface area contributed by atoms with Crippen molar-refractivity contribution in [3.63, 3.8) is 0 Å². The third-order valence-electron chi connectivity index (χ3n) is 3.19. The number of thioether (sulfide) groups is 1. The lowest BCUT2D eigenvalue weighted by Gasteiger charge is -2.06. The van der Waals surface area contributed by atoms with Crippen molar-refractivity contribution in [1.29, 1.82) is 0 Å². The van der Waals surface area contributed by atoms with Crippen molar-refractivity contribution >= 4 is 46.5 Å². The molecule has 1 aromatic carbocycles. The van der Waals surface area contributed by atoms with E-state index in [-0.39, 0.29) is 17.4 Å². The van der Waals surface area contributed by atoms with Gasteiger partial charge in [0, 0.05) is 34.1 Å². The second kappa shape index (κ2) is 8.35. The minimum atomic E-state index is -0.471. The predicted molar refractivity (Wildman–Crippen MR) is 102 cm³/mol. The van der Waals surface area contributed by atoms with Crippen LogP contribution in [0.15, 0.2) is 46.9 Å². The Labute approximate surface area is 162 Å². The van der Waals surface area contributed by atoms with Crippen molar-refractivity contribution in [3.8, 4) is 10.6 Å². The van der Waals surface area contributed by atoms with Crippen LogP contribution in [0.4, 0.5) is 0 Å². The third-order valence-corrected chi connectivity index (χ3v) is 5.34. The van der Waals surface area contributed by atoms with Crippen molar-refractivity contribution in [2.24, 2.45) is 7.05 Å². The average molecular weight is 408 g/mol. The van der Waals surface area contributed by atoms with E-state index in [0.29, 0.717) is 10.0 Å². The number of carbonyl (C=O) groups is 2. The Bertz CT molecular complexity index is 923. The first-order valence-corrected chi connectivity index (χ1v) is 9.67. The monoisotopic (exact) mass is 407 g/mol. The summed E-state index contributed by atoms with van der Waals surface area (Å²) < 4.78 is 1.66. The largest absolute Gasteiger partial charge is 0.289 e. The molecule has 0 spiro atoms. The molecule has 134 valence electrons. The van der Waals surface area contributed by atoms with Crippen molar-refractivity contribution in [3.05, 3.63) is 52.8 Å². The second-order valence-electron chi connectivity index (χ2n) is 5.19. The Morgan fingerprint density at radius 2 is 2.04 bits per heavy atom. The van der Waals surface area contributed by atoms with Crippen molar-refractivity contribution < 1.29 is 9.59 Å². The molecule has 2 amide bonds. The van der Waals surface area contributed by atoms with Gasteiger partial charge in [-0.05, 0) is 24.3 Å². The average Bonchev–Trinajstić information content (AvgIpc) is 3.28. The highest BCUT2D eigenvalue weighted by atomic mass is 35.5. The topological polar surface area (TPSA) is 88.9 Å². The number of amides is 2. The maximum Gasteiger partial charge on any atom is 0.289 e. The predicted octanol–water partition coefficient (Wildman–Crippen LogP) is 2.75. The Hall–Kier alpha value is -2.36. The van der Waals surface area contributed by atoms with Crippen molar-refractivity contribution in [2.75, 3.05) is 5.75 Å². The number of nitrogens with zero attached hydrogens (tertiary/aromatic N) is 3. The van der Waals surface area contributed by atoms with Crippen LogP contribution in [0.2, 0.25) is 5.02 Å². The lowest BCUT2D eigenvalue weighted by Crippen LogP contribution is -2.42. The highest BCUT2D eigenvalue weighted by Crippen LogP contribution is 2.23. The molecule has 2 N–H and O–H groups in total. The molecule has 3 rings (SSSR count). The maximum absolute atomic E-state index is 12.1. The van der Waals surface area contributed by atoms with Gasteiger partial charge in [0.25, 0.3) is 5.91 Å². The smallest absolute Gasteiger partial charge is 0.275 e. The highest BCUT2D eigenvalue weighted by Gasteiger charge is 2.13. The molecular formula is C16H14ClN5O2S2. The molecule has 0 saturated carbocycles. The van der Waals surface area contributed by atoms with Crippen LogP contribution >= 0.6 is 34.7 Å². The molecule has 2 heterocycles. The number of hydrazine groups is 1. The fourth-order valence-corrected chi connectivity index (χ4v) is 3.55. The minimum absolute atomic E-state index is 0.167. The van der Waals surface area contributed by atoms with Crippen LogP contribution in [0.25, 0.3) is 10.6 Å². The Morgan fingerprint density at radius 3 is 2.73 bits per heavy atom. The zero-order valence-corrected chi connectivity index (χ0v) is 16.0. The minimum Gasteiger partial charge on any atom is -0.275 e. The van der Waals surface area contributed by atoms with Gasteiger partial charge in [-0.2, -0.15) is 5.10 Å². The summed E-state index contributed by atoms with van der Waals surface area (Å²) in [5, 5.41) is 7.03. The summed E-state index contributed by atoms with van der Waals surface area (Å²) in [7, 11) is 1.81. The number of thiazole rings is 1. The van der Waals surface area contributed by atoms with Gasteiger partial charge in [0.05, 0.1) is 11.9 Å². The van der Waals surface area contributed by atoms with Crippen molar-refractivity contribution in [1.82, 2.24) is 25.6 Å². The molecule has 0 aliphatic carbocycles. The molecule has 0 aliphatic heterocycles. The summed E-state index contributed by atoms with van der Waals surface area (Å²) >= 11 is 8.49. The van der Waals surface area contributed by atoms with E-state index in [1.807, 2.05) is 25.4 Å². The maximum atomic E-state index is 12.1. The standard InChI is InChI=1S/C16H14ClN5O2S2/c1-22-7-10(6-18-22)16-19-13(8-26-16)15(24)21-20-14(23)9-25-12-4-2-11(17)3-5-12/h2-8H,9H2,1H3,(H,20,23)(H,21,24). The zero-order valence-electron chi connectivity index (χ0n) is 13.6. The molecular weight excluding hydrogens is 394 g/mol. The van der Waals surface area contributed by atoms with Crippen molar-refractivity contribution in [2.45, 2.75) is 4.90 Å². The van der Waals surface area contributed by atoms with Gasteiger partial charge in [-0.25, -0.2) is 4.98 Å². The summed E-state index contributed by atoms with van der Waals surface area (Å²) in [6.45, 7) is 0. The van der Waals surface area contributed by atoms with Gasteiger partial charge in [0.15, 0.2) is 0 Å². The van der Waals surface area contributed by atoms with E-state index < -0.39 is 5.91 Å². The molecule has 26 heavy (non-hydrogen) atoms. The second-order valence-corrected chi connectivity index (χ2v) is 7.53. The molecule has 10 heteroatoms. The van der Waals surface area contributed by atoms with Crippen LogP contribution < -0.4 is 10.9 Å². The van der Waals surface area contributed by atoms with Crippen LogP contribution in [-0.4, -0.2) is 32.3 Å². The number of benzene rings is 1. The number of aromatic nitrogens is 3. The molecule has 0 saturated heterocycles. The summed E-state index contributed by atoms with van der Waals surface area (Å²) in [6.07, 6.45) is 3.49. The number of hydrogen-bond donors (Lipinski definition) is 2. The van der Waals surface area contributed by atoms with Gasteiger partial charge < -0.3 is 0 Å². The molecule has 0 fully saturated rings. The van der Waals surface area contributed by atoms with Gasteiger partial charge in [-0.1, -0.05) is 11.6 Å². The van der Waals surface area contributed by atoms with Crippen LogP contribution in [0.5, 0.6) is 0 Å². The zero-order chi connectivity index (χ0) is 18.5. The molecule has 0 radical (unpaired) electrons. The SMILES string of the molecule is Cn1cc(-c2nc(C(=O)NNC(=O)CSc3ccc(Cl)cc3)cs2)cn1.